The number of unbranched alkanes of at least 4 members (excludes halogenated alkanes) is 4. The summed E-state index contributed by atoms with van der Waals surface area (Å²) in [4.78, 5) is 6.64. The summed E-state index contributed by atoms with van der Waals surface area (Å²) >= 11 is 0. The largest absolute Gasteiger partial charge is 0.392 e. The van der Waals surface area contributed by atoms with Gasteiger partial charge in [0.2, 0.25) is 11.7 Å². The van der Waals surface area contributed by atoms with Gasteiger partial charge in [0.15, 0.2) is 0 Å². The molecule has 1 atom stereocenters. The summed E-state index contributed by atoms with van der Waals surface area (Å²) in [5, 5.41) is 13.7. The predicted octanol–water partition coefficient (Wildman–Crippen LogP) is 3.82. The molecule has 2 heterocycles. The molecule has 1 fully saturated rings. The van der Waals surface area contributed by atoms with Crippen molar-refractivity contribution in [2.75, 3.05) is 13.1 Å². The lowest BCUT2D eigenvalue weighted by Crippen LogP contribution is -2.21. The van der Waals surface area contributed by atoms with Crippen molar-refractivity contribution in [2.24, 2.45) is 0 Å². The van der Waals surface area contributed by atoms with Gasteiger partial charge in [-0.3, -0.25) is 4.90 Å². The molecule has 1 aromatic carbocycles. The van der Waals surface area contributed by atoms with Crippen molar-refractivity contribution >= 4 is 0 Å². The number of β-amino-alcohol motifs (C(OH)–C–C–N with tert-alkyl or cyclic N) is 1. The molecule has 0 bridgehead atoms. The summed E-state index contributed by atoms with van der Waals surface area (Å²) in [7, 11) is 0. The molecule has 2 aromatic rings. The first-order chi connectivity index (χ1) is 12.2. The maximum atomic E-state index is 9.58. The van der Waals surface area contributed by atoms with Gasteiger partial charge in [-0.1, -0.05) is 62.0 Å². The molecule has 0 amide bonds. The first-order valence-electron chi connectivity index (χ1n) is 9.57. The van der Waals surface area contributed by atoms with Crippen LogP contribution in [0.5, 0.6) is 0 Å². The third-order valence-electron chi connectivity index (χ3n) is 4.86. The van der Waals surface area contributed by atoms with Crippen molar-refractivity contribution in [3.05, 3.63) is 35.7 Å². The third kappa shape index (κ3) is 5.38. The first-order valence-corrected chi connectivity index (χ1v) is 9.57. The van der Waals surface area contributed by atoms with Gasteiger partial charge in [0.1, 0.15) is 0 Å². The topological polar surface area (TPSA) is 62.4 Å². The minimum absolute atomic E-state index is 0.225. The molecule has 5 nitrogen and oxygen atoms in total. The van der Waals surface area contributed by atoms with Gasteiger partial charge in [-0.25, -0.2) is 0 Å². The van der Waals surface area contributed by atoms with Gasteiger partial charge in [0.05, 0.1) is 12.6 Å². The lowest BCUT2D eigenvalue weighted by atomic mass is 10.0. The van der Waals surface area contributed by atoms with Crippen molar-refractivity contribution in [1.29, 1.82) is 0 Å². The van der Waals surface area contributed by atoms with Crippen LogP contribution >= 0.6 is 0 Å². The monoisotopic (exact) mass is 343 g/mol. The molecule has 0 radical (unpaired) electrons. The standard InChI is InChI=1S/C20H29N3O2/c1-2-3-4-5-6-7-16-8-10-17(11-9-16)20-21-19(25-22-20)15-23-13-12-18(24)14-23/h8-11,18,24H,2-7,12-15H2,1H3/t18-/m0/s1. The number of likely N-dealkylation sites (tertiary alicyclic amines) is 1. The Balaban J connectivity index is 1.50. The molecule has 1 aliphatic heterocycles. The highest BCUT2D eigenvalue weighted by Crippen LogP contribution is 2.19. The smallest absolute Gasteiger partial charge is 0.241 e. The van der Waals surface area contributed by atoms with Crippen LogP contribution in [-0.2, 0) is 13.0 Å². The molecular weight excluding hydrogens is 314 g/mol. The fourth-order valence-corrected chi connectivity index (χ4v) is 3.34. The quantitative estimate of drug-likeness (QED) is 0.701. The maximum absolute atomic E-state index is 9.58. The molecular formula is C20H29N3O2. The van der Waals surface area contributed by atoms with Gasteiger partial charge < -0.3 is 9.63 Å². The molecule has 0 unspecified atom stereocenters. The Morgan fingerprint density at radius 3 is 2.68 bits per heavy atom. The molecule has 0 spiro atoms. The summed E-state index contributed by atoms with van der Waals surface area (Å²) in [6.45, 7) is 4.42. The molecule has 1 aromatic heterocycles. The second kappa shape index (κ2) is 9.11. The Hall–Kier alpha value is -1.72. The molecule has 136 valence electrons. The summed E-state index contributed by atoms with van der Waals surface area (Å²) in [5.41, 5.74) is 2.36. The number of benzene rings is 1. The fraction of sp³-hybridized carbons (Fsp3) is 0.600. The number of aliphatic hydroxyl groups excluding tert-OH is 1. The normalized spacial score (nSPS) is 18.1. The summed E-state index contributed by atoms with van der Waals surface area (Å²) in [5.74, 6) is 1.26. The second-order valence-electron chi connectivity index (χ2n) is 7.05. The molecule has 5 heteroatoms. The molecule has 25 heavy (non-hydrogen) atoms. The zero-order valence-electron chi connectivity index (χ0n) is 15.2. The van der Waals surface area contributed by atoms with E-state index in [1.54, 1.807) is 0 Å². The van der Waals surface area contributed by atoms with Crippen molar-refractivity contribution in [3.8, 4) is 11.4 Å². The van der Waals surface area contributed by atoms with E-state index in [0.29, 0.717) is 24.8 Å². The fourth-order valence-electron chi connectivity index (χ4n) is 3.34. The zero-order valence-corrected chi connectivity index (χ0v) is 15.2. The van der Waals surface area contributed by atoms with Crippen LogP contribution in [0.4, 0.5) is 0 Å². The Morgan fingerprint density at radius 2 is 1.96 bits per heavy atom. The highest BCUT2D eigenvalue weighted by atomic mass is 16.5. The van der Waals surface area contributed by atoms with Gasteiger partial charge in [0, 0.05) is 18.7 Å². The Kier molecular flexibility index (Phi) is 6.59. The van der Waals surface area contributed by atoms with Crippen LogP contribution in [0.15, 0.2) is 28.8 Å². The van der Waals surface area contributed by atoms with Crippen molar-refractivity contribution in [2.45, 2.75) is 64.5 Å². The van der Waals surface area contributed by atoms with Crippen LogP contribution in [0.25, 0.3) is 11.4 Å². The minimum atomic E-state index is -0.225. The number of hydrogen-bond donors (Lipinski definition) is 1. The van der Waals surface area contributed by atoms with E-state index in [9.17, 15) is 5.11 Å². The van der Waals surface area contributed by atoms with E-state index < -0.39 is 0 Å². The number of aromatic nitrogens is 2. The first kappa shape index (κ1) is 18.1. The van der Waals surface area contributed by atoms with E-state index >= 15 is 0 Å². The van der Waals surface area contributed by atoms with E-state index in [2.05, 4.69) is 46.2 Å². The van der Waals surface area contributed by atoms with Crippen LogP contribution in [0.3, 0.4) is 0 Å². The highest BCUT2D eigenvalue weighted by molar-refractivity contribution is 5.54. The summed E-state index contributed by atoms with van der Waals surface area (Å²) < 4.78 is 5.36. The van der Waals surface area contributed by atoms with Crippen LogP contribution in [0.1, 0.15) is 56.9 Å². The number of nitrogens with zero attached hydrogens (tertiary/aromatic N) is 3. The lowest BCUT2D eigenvalue weighted by molar-refractivity contribution is 0.169. The Labute approximate surface area is 150 Å². The Morgan fingerprint density at radius 1 is 1.16 bits per heavy atom. The number of aliphatic hydroxyl groups is 1. The van der Waals surface area contributed by atoms with E-state index in [4.69, 9.17) is 4.52 Å². The number of rotatable bonds is 9. The highest BCUT2D eigenvalue weighted by Gasteiger charge is 2.22. The van der Waals surface area contributed by atoms with Crippen molar-refractivity contribution < 1.29 is 9.63 Å². The maximum Gasteiger partial charge on any atom is 0.241 e. The van der Waals surface area contributed by atoms with E-state index in [1.807, 2.05) is 0 Å². The van der Waals surface area contributed by atoms with Gasteiger partial charge in [-0.2, -0.15) is 4.98 Å². The predicted molar refractivity (Wildman–Crippen MR) is 98.1 cm³/mol. The van der Waals surface area contributed by atoms with E-state index in [1.165, 1.54) is 37.7 Å². The molecule has 3 rings (SSSR count). The lowest BCUT2D eigenvalue weighted by Gasteiger charge is -2.10. The SMILES string of the molecule is CCCCCCCc1ccc(-c2noc(CN3CC[C@H](O)C3)n2)cc1. The van der Waals surface area contributed by atoms with Crippen molar-refractivity contribution in [3.63, 3.8) is 0 Å². The van der Waals surface area contributed by atoms with Gasteiger partial charge >= 0.3 is 0 Å². The van der Waals surface area contributed by atoms with Gasteiger partial charge in [-0.15, -0.1) is 0 Å². The average molecular weight is 343 g/mol. The Bertz CT molecular complexity index is 639. The van der Waals surface area contributed by atoms with E-state index in [-0.39, 0.29) is 6.10 Å². The van der Waals surface area contributed by atoms with Gasteiger partial charge in [0.25, 0.3) is 0 Å². The van der Waals surface area contributed by atoms with Crippen LogP contribution in [-0.4, -0.2) is 39.3 Å². The number of hydrogen-bond acceptors (Lipinski definition) is 5. The second-order valence-corrected chi connectivity index (χ2v) is 7.05. The molecule has 0 saturated carbocycles. The summed E-state index contributed by atoms with van der Waals surface area (Å²) in [6, 6.07) is 8.50. The molecule has 1 N–H and O–H groups in total. The number of aryl methyl sites for hydroxylation is 1. The van der Waals surface area contributed by atoms with E-state index in [0.717, 1.165) is 24.9 Å². The third-order valence-corrected chi connectivity index (χ3v) is 4.86. The molecule has 1 aliphatic rings. The van der Waals surface area contributed by atoms with Crippen LogP contribution in [0, 0.1) is 0 Å². The van der Waals surface area contributed by atoms with Crippen LogP contribution in [0.2, 0.25) is 0 Å². The zero-order chi connectivity index (χ0) is 17.5. The summed E-state index contributed by atoms with van der Waals surface area (Å²) in [6.07, 6.45) is 8.28. The minimum Gasteiger partial charge on any atom is -0.392 e. The molecule has 0 aliphatic carbocycles. The van der Waals surface area contributed by atoms with Gasteiger partial charge in [-0.05, 0) is 24.8 Å². The van der Waals surface area contributed by atoms with Crippen LogP contribution < -0.4 is 0 Å². The molecule has 1 saturated heterocycles. The van der Waals surface area contributed by atoms with Crippen molar-refractivity contribution in [1.82, 2.24) is 15.0 Å². The average Bonchev–Trinajstić information content (AvgIpc) is 3.25.